The molecule has 0 aromatic carbocycles. The van der Waals surface area contributed by atoms with Crippen molar-refractivity contribution in [1.82, 2.24) is 15.1 Å². The number of rotatable bonds is 8. The van der Waals surface area contributed by atoms with E-state index in [1.54, 1.807) is 13.1 Å². The summed E-state index contributed by atoms with van der Waals surface area (Å²) in [5, 5.41) is 11.9. The number of carboxylic acid groups (broad SMARTS) is 1. The number of hydrogen-bond acceptors (Lipinski definition) is 4. The predicted octanol–water partition coefficient (Wildman–Crippen LogP) is 1.49. The molecule has 0 aromatic heterocycles. The van der Waals surface area contributed by atoms with Gasteiger partial charge in [-0.05, 0) is 39.8 Å². The van der Waals surface area contributed by atoms with Gasteiger partial charge in [-0.1, -0.05) is 32.8 Å². The van der Waals surface area contributed by atoms with Gasteiger partial charge < -0.3 is 15.3 Å². The molecule has 0 heterocycles. The van der Waals surface area contributed by atoms with E-state index in [0.29, 0.717) is 0 Å². The van der Waals surface area contributed by atoms with Crippen LogP contribution >= 0.6 is 0 Å². The lowest BCUT2D eigenvalue weighted by Crippen LogP contribution is -2.56. The third kappa shape index (κ3) is 5.06. The number of carboxylic acids is 1. The van der Waals surface area contributed by atoms with Crippen LogP contribution in [0, 0.1) is 5.92 Å². The zero-order valence-electron chi connectivity index (χ0n) is 16.8. The first kappa shape index (κ1) is 22.2. The van der Waals surface area contributed by atoms with Gasteiger partial charge in [0.25, 0.3) is 0 Å². The lowest BCUT2D eigenvalue weighted by atomic mass is 9.95. The second kappa shape index (κ2) is 9.16. The molecule has 0 bridgehead atoms. The number of nitrogens with zero attached hydrogens (tertiary/aromatic N) is 2. The molecule has 0 aromatic rings. The number of carbonyl (C=O) groups is 3. The van der Waals surface area contributed by atoms with Gasteiger partial charge in [0.2, 0.25) is 11.8 Å². The van der Waals surface area contributed by atoms with Crippen LogP contribution in [0.15, 0.2) is 11.6 Å². The molecule has 0 saturated heterocycles. The van der Waals surface area contributed by atoms with Crippen molar-refractivity contribution in [2.45, 2.75) is 58.0 Å². The van der Waals surface area contributed by atoms with Gasteiger partial charge in [-0.3, -0.25) is 14.5 Å². The average molecular weight is 367 g/mol. The highest BCUT2D eigenvalue weighted by Gasteiger charge is 2.43. The third-order valence-electron chi connectivity index (χ3n) is 5.39. The van der Waals surface area contributed by atoms with Crippen LogP contribution in [0.25, 0.3) is 0 Å². The Kier molecular flexibility index (Phi) is 7.81. The summed E-state index contributed by atoms with van der Waals surface area (Å²) in [6.45, 7) is 5.28. The van der Waals surface area contributed by atoms with E-state index >= 15 is 0 Å². The van der Waals surface area contributed by atoms with Crippen molar-refractivity contribution in [3.05, 3.63) is 11.6 Å². The molecule has 1 rings (SSSR count). The van der Waals surface area contributed by atoms with Crippen LogP contribution in [0.2, 0.25) is 0 Å². The Labute approximate surface area is 156 Å². The first-order valence-electron chi connectivity index (χ1n) is 9.16. The lowest BCUT2D eigenvalue weighted by Gasteiger charge is -2.35. The van der Waals surface area contributed by atoms with Crippen molar-refractivity contribution in [3.8, 4) is 0 Å². The normalized spacial score (nSPS) is 18.1. The van der Waals surface area contributed by atoms with Gasteiger partial charge in [-0.15, -0.1) is 0 Å². The summed E-state index contributed by atoms with van der Waals surface area (Å²) in [6, 6.07) is -0.343. The van der Waals surface area contributed by atoms with Crippen LogP contribution in [0.1, 0.15) is 46.5 Å². The van der Waals surface area contributed by atoms with Crippen LogP contribution < -0.4 is 5.32 Å². The number of nitrogens with one attached hydrogen (secondary N) is 1. The molecule has 0 unspecified atom stereocenters. The van der Waals surface area contributed by atoms with Crippen LogP contribution in [-0.2, 0) is 14.4 Å². The quantitative estimate of drug-likeness (QED) is 0.635. The molecule has 148 valence electrons. The van der Waals surface area contributed by atoms with Gasteiger partial charge in [-0.25, -0.2) is 4.79 Å². The fourth-order valence-corrected chi connectivity index (χ4v) is 3.53. The van der Waals surface area contributed by atoms with Gasteiger partial charge >= 0.3 is 5.97 Å². The number of hydrogen-bond donors (Lipinski definition) is 2. The monoisotopic (exact) mass is 367 g/mol. The molecule has 0 spiro atoms. The number of aliphatic carboxylic acids is 1. The predicted molar refractivity (Wildman–Crippen MR) is 101 cm³/mol. The molecule has 26 heavy (non-hydrogen) atoms. The second-order valence-electron chi connectivity index (χ2n) is 7.71. The minimum absolute atomic E-state index is 0.0527. The lowest BCUT2D eigenvalue weighted by molar-refractivity contribution is -0.137. The van der Waals surface area contributed by atoms with Crippen molar-refractivity contribution < 1.29 is 19.5 Å². The molecular weight excluding hydrogens is 334 g/mol. The molecule has 0 radical (unpaired) electrons. The smallest absolute Gasteiger partial charge is 0.331 e. The molecule has 1 aliphatic carbocycles. The fraction of sp³-hybridized carbons (Fsp3) is 0.737. The molecule has 2 N–H and O–H groups in total. The Hall–Kier alpha value is -1.89. The van der Waals surface area contributed by atoms with E-state index < -0.39 is 11.5 Å². The second-order valence-corrected chi connectivity index (χ2v) is 7.71. The standard InChI is InChI=1S/C19H33N3O4/c1-13(2)15(11-14(3)17(24)25)22(6)16(23)12-20-18(26)19(21(4)5)9-7-8-10-19/h11,13,15H,7-10,12H2,1-6H3,(H,20,26)(H,24,25)/t15-/m1/s1. The van der Waals surface area contributed by atoms with E-state index in [0.717, 1.165) is 25.7 Å². The zero-order valence-corrected chi connectivity index (χ0v) is 16.8. The number of likely N-dealkylation sites (N-methyl/N-ethyl adjacent to an activating group) is 2. The molecule has 7 heteroatoms. The highest BCUT2D eigenvalue weighted by molar-refractivity contribution is 5.91. The summed E-state index contributed by atoms with van der Waals surface area (Å²) in [5.41, 5.74) is -0.333. The molecule has 0 aliphatic heterocycles. The van der Waals surface area contributed by atoms with E-state index in [9.17, 15) is 14.4 Å². The van der Waals surface area contributed by atoms with E-state index in [1.165, 1.54) is 11.8 Å². The molecule has 1 fully saturated rings. The first-order valence-corrected chi connectivity index (χ1v) is 9.16. The van der Waals surface area contributed by atoms with Crippen molar-refractivity contribution in [1.29, 1.82) is 0 Å². The van der Waals surface area contributed by atoms with Gasteiger partial charge in [0.05, 0.1) is 18.1 Å². The molecule has 2 amide bonds. The largest absolute Gasteiger partial charge is 0.478 e. The third-order valence-corrected chi connectivity index (χ3v) is 5.39. The van der Waals surface area contributed by atoms with Crippen LogP contribution in [0.4, 0.5) is 0 Å². The summed E-state index contributed by atoms with van der Waals surface area (Å²) in [5.74, 6) is -1.30. The van der Waals surface area contributed by atoms with Crippen molar-refractivity contribution in [2.75, 3.05) is 27.7 Å². The molecular formula is C19H33N3O4. The zero-order chi connectivity index (χ0) is 20.1. The maximum Gasteiger partial charge on any atom is 0.331 e. The Morgan fingerprint density at radius 1 is 1.15 bits per heavy atom. The summed E-state index contributed by atoms with van der Waals surface area (Å²) >= 11 is 0. The van der Waals surface area contributed by atoms with Gasteiger partial charge in [0.1, 0.15) is 0 Å². The highest BCUT2D eigenvalue weighted by atomic mass is 16.4. The van der Waals surface area contributed by atoms with E-state index in [-0.39, 0.29) is 35.9 Å². The summed E-state index contributed by atoms with van der Waals surface area (Å²) in [6.07, 6.45) is 5.20. The molecule has 1 aliphatic rings. The average Bonchev–Trinajstić information content (AvgIpc) is 3.07. The summed E-state index contributed by atoms with van der Waals surface area (Å²) < 4.78 is 0. The Morgan fingerprint density at radius 3 is 2.12 bits per heavy atom. The van der Waals surface area contributed by atoms with E-state index in [2.05, 4.69) is 5.32 Å². The van der Waals surface area contributed by atoms with E-state index in [1.807, 2.05) is 32.8 Å². The van der Waals surface area contributed by atoms with Crippen LogP contribution in [0.3, 0.4) is 0 Å². The Morgan fingerprint density at radius 2 is 1.69 bits per heavy atom. The highest BCUT2D eigenvalue weighted by Crippen LogP contribution is 2.33. The Balaban J connectivity index is 2.77. The SMILES string of the molecule is CC(=C[C@H](C(C)C)N(C)C(=O)CNC(=O)C1(N(C)C)CCCC1)C(=O)O. The maximum atomic E-state index is 12.7. The van der Waals surface area contributed by atoms with Crippen molar-refractivity contribution >= 4 is 17.8 Å². The maximum absolute atomic E-state index is 12.7. The summed E-state index contributed by atoms with van der Waals surface area (Å²) in [7, 11) is 5.43. The minimum Gasteiger partial charge on any atom is -0.478 e. The van der Waals surface area contributed by atoms with Crippen LogP contribution in [-0.4, -0.2) is 72.0 Å². The number of amides is 2. The molecule has 1 atom stereocenters. The van der Waals surface area contributed by atoms with Crippen molar-refractivity contribution in [2.24, 2.45) is 5.92 Å². The van der Waals surface area contributed by atoms with Crippen LogP contribution in [0.5, 0.6) is 0 Å². The van der Waals surface area contributed by atoms with Crippen molar-refractivity contribution in [3.63, 3.8) is 0 Å². The van der Waals surface area contributed by atoms with Gasteiger partial charge in [-0.2, -0.15) is 0 Å². The summed E-state index contributed by atoms with van der Waals surface area (Å²) in [4.78, 5) is 39.8. The topological polar surface area (TPSA) is 90.0 Å². The number of carbonyl (C=O) groups excluding carboxylic acids is 2. The van der Waals surface area contributed by atoms with Gasteiger partial charge in [0.15, 0.2) is 0 Å². The molecule has 1 saturated carbocycles. The first-order chi connectivity index (χ1) is 12.0. The van der Waals surface area contributed by atoms with Gasteiger partial charge in [0, 0.05) is 12.6 Å². The minimum atomic E-state index is -1.00. The van der Waals surface area contributed by atoms with E-state index in [4.69, 9.17) is 5.11 Å². The Bertz CT molecular complexity index is 563. The molecule has 7 nitrogen and oxygen atoms in total. The fourth-order valence-electron chi connectivity index (χ4n) is 3.53.